The van der Waals surface area contributed by atoms with Crippen LogP contribution in [0.5, 0.6) is 0 Å². The van der Waals surface area contributed by atoms with Crippen molar-refractivity contribution in [3.8, 4) is 0 Å². The maximum atomic E-state index is 8.52. The first-order chi connectivity index (χ1) is 5.41. The molecule has 76 valence electrons. The summed E-state index contributed by atoms with van der Waals surface area (Å²) < 4.78 is 34.1. The van der Waals surface area contributed by atoms with Crippen LogP contribution in [0.2, 0.25) is 0 Å². The summed E-state index contributed by atoms with van der Waals surface area (Å²) in [6, 6.07) is 0. The zero-order valence-corrected chi connectivity index (χ0v) is 10.5. The molecule has 0 rings (SSSR count). The fraction of sp³-hybridized carbons (Fsp3) is 1.00. The number of hydrogen-bond acceptors (Lipinski definition) is 4. The molecule has 4 nitrogen and oxygen atoms in total. The Morgan fingerprint density at radius 3 is 1.31 bits per heavy atom. The minimum absolute atomic E-state index is 0. The third-order valence-corrected chi connectivity index (χ3v) is 1.21. The average Bonchev–Trinajstić information content (AvgIpc) is 1.85. The smallest absolute Gasteiger partial charge is 0.759 e. The van der Waals surface area contributed by atoms with Crippen LogP contribution in [0.3, 0.4) is 0 Å². The van der Waals surface area contributed by atoms with Crippen molar-refractivity contribution in [2.45, 2.75) is 46.0 Å². The van der Waals surface area contributed by atoms with Gasteiger partial charge in [-0.05, 0) is 0 Å². The van der Waals surface area contributed by atoms with Gasteiger partial charge in [0, 0.05) is 10.4 Å². The van der Waals surface area contributed by atoms with E-state index in [1.165, 1.54) is 32.1 Å². The van der Waals surface area contributed by atoms with Crippen LogP contribution in [0.4, 0.5) is 0 Å². The normalized spacial score (nSPS) is 9.54. The zero-order chi connectivity index (χ0) is 10.0. The van der Waals surface area contributed by atoms with E-state index in [0.29, 0.717) is 0 Å². The molecular formula is C7H16MgO4S. The number of unbranched alkanes of at least 4 members (excludes halogenated alkanes) is 4. The van der Waals surface area contributed by atoms with Crippen molar-refractivity contribution in [1.29, 1.82) is 0 Å². The van der Waals surface area contributed by atoms with E-state index in [1.807, 2.05) is 0 Å². The average molecular weight is 221 g/mol. The standard InChI is InChI=1S/C7H16.Mg.H2O4S/c1-3-5-7-6-4-2;;1-5(2,3)4/h3-7H2,1-2H3;;(H2,1,2,3,4)/q;+2;/p-2. The molecule has 0 N–H and O–H groups in total. The van der Waals surface area contributed by atoms with E-state index in [9.17, 15) is 0 Å². The van der Waals surface area contributed by atoms with E-state index < -0.39 is 10.4 Å². The van der Waals surface area contributed by atoms with Gasteiger partial charge in [0.2, 0.25) is 0 Å². The minimum Gasteiger partial charge on any atom is -0.759 e. The van der Waals surface area contributed by atoms with E-state index in [0.717, 1.165) is 0 Å². The van der Waals surface area contributed by atoms with Crippen LogP contribution >= 0.6 is 0 Å². The predicted octanol–water partition coefficient (Wildman–Crippen LogP) is 1.26. The molecule has 0 radical (unpaired) electrons. The first kappa shape index (κ1) is 19.2. The first-order valence-electron chi connectivity index (χ1n) is 4.08. The van der Waals surface area contributed by atoms with Gasteiger partial charge in [-0.2, -0.15) is 0 Å². The largest absolute Gasteiger partial charge is 2.00 e. The molecule has 13 heavy (non-hydrogen) atoms. The maximum Gasteiger partial charge on any atom is 2.00 e. The third kappa shape index (κ3) is 66.5. The molecule has 0 aromatic rings. The summed E-state index contributed by atoms with van der Waals surface area (Å²) in [6.07, 6.45) is 7.01. The third-order valence-electron chi connectivity index (χ3n) is 1.21. The van der Waals surface area contributed by atoms with Gasteiger partial charge in [0.15, 0.2) is 0 Å². The molecule has 0 atom stereocenters. The van der Waals surface area contributed by atoms with Crippen molar-refractivity contribution in [2.75, 3.05) is 0 Å². The Morgan fingerprint density at radius 2 is 1.15 bits per heavy atom. The first-order valence-corrected chi connectivity index (χ1v) is 5.41. The molecule has 0 aliphatic heterocycles. The molecule has 0 aromatic heterocycles. The topological polar surface area (TPSA) is 80.3 Å². The van der Waals surface area contributed by atoms with Gasteiger partial charge in [-0.3, -0.25) is 8.42 Å². The van der Waals surface area contributed by atoms with E-state index in [1.54, 1.807) is 0 Å². The summed E-state index contributed by atoms with van der Waals surface area (Å²) in [4.78, 5) is 0. The second kappa shape index (κ2) is 12.6. The summed E-state index contributed by atoms with van der Waals surface area (Å²) in [5.74, 6) is 0. The van der Waals surface area contributed by atoms with Crippen LogP contribution in [0.1, 0.15) is 46.0 Å². The Labute approximate surface area is 96.8 Å². The van der Waals surface area contributed by atoms with E-state index in [2.05, 4.69) is 13.8 Å². The van der Waals surface area contributed by atoms with Gasteiger partial charge >= 0.3 is 23.1 Å². The van der Waals surface area contributed by atoms with Crippen LogP contribution in [-0.2, 0) is 10.4 Å². The molecule has 0 unspecified atom stereocenters. The second-order valence-electron chi connectivity index (χ2n) is 2.47. The molecule has 0 saturated carbocycles. The Bertz CT molecular complexity index is 155. The monoisotopic (exact) mass is 220 g/mol. The van der Waals surface area contributed by atoms with Gasteiger partial charge < -0.3 is 9.11 Å². The predicted molar refractivity (Wildman–Crippen MR) is 50.7 cm³/mol. The zero-order valence-electron chi connectivity index (χ0n) is 8.28. The Hall–Kier alpha value is 0.636. The van der Waals surface area contributed by atoms with Crippen molar-refractivity contribution in [3.63, 3.8) is 0 Å². The van der Waals surface area contributed by atoms with Crippen LogP contribution < -0.4 is 0 Å². The minimum atomic E-state index is -5.17. The SMILES string of the molecule is CCCCCCC.O=S(=O)([O-])[O-].[Mg+2]. The molecule has 0 aromatic carbocycles. The summed E-state index contributed by atoms with van der Waals surface area (Å²) >= 11 is 0. The maximum absolute atomic E-state index is 8.52. The van der Waals surface area contributed by atoms with Crippen molar-refractivity contribution < 1.29 is 17.5 Å². The molecule has 6 heteroatoms. The molecule has 0 aliphatic rings. The summed E-state index contributed by atoms with van der Waals surface area (Å²) in [5, 5.41) is 0. The number of hydrogen-bond donors (Lipinski definition) is 0. The molecule has 0 amide bonds. The quantitative estimate of drug-likeness (QED) is 0.309. The van der Waals surface area contributed by atoms with Gasteiger partial charge in [0.05, 0.1) is 0 Å². The number of rotatable bonds is 4. The van der Waals surface area contributed by atoms with E-state index in [-0.39, 0.29) is 23.1 Å². The van der Waals surface area contributed by atoms with Gasteiger partial charge in [-0.25, -0.2) is 0 Å². The molecule has 0 aliphatic carbocycles. The summed E-state index contributed by atoms with van der Waals surface area (Å²) in [5.41, 5.74) is 0. The fourth-order valence-electron chi connectivity index (χ4n) is 0.677. The molecule has 0 heterocycles. The van der Waals surface area contributed by atoms with E-state index >= 15 is 0 Å². The van der Waals surface area contributed by atoms with Crippen molar-refractivity contribution >= 4 is 33.5 Å². The summed E-state index contributed by atoms with van der Waals surface area (Å²) in [6.45, 7) is 4.49. The van der Waals surface area contributed by atoms with Crippen LogP contribution in [0.25, 0.3) is 0 Å². The Morgan fingerprint density at radius 1 is 0.923 bits per heavy atom. The van der Waals surface area contributed by atoms with Gasteiger partial charge in [-0.15, -0.1) is 0 Å². The van der Waals surface area contributed by atoms with Gasteiger partial charge in [-0.1, -0.05) is 46.0 Å². The molecule has 0 saturated heterocycles. The molecular weight excluding hydrogens is 204 g/mol. The van der Waals surface area contributed by atoms with Crippen LogP contribution in [0, 0.1) is 0 Å². The summed E-state index contributed by atoms with van der Waals surface area (Å²) in [7, 11) is -5.17. The fourth-order valence-corrected chi connectivity index (χ4v) is 0.677. The second-order valence-corrected chi connectivity index (χ2v) is 3.29. The van der Waals surface area contributed by atoms with Crippen LogP contribution in [0.15, 0.2) is 0 Å². The molecule has 0 spiro atoms. The molecule has 0 fully saturated rings. The molecule has 0 bridgehead atoms. The van der Waals surface area contributed by atoms with Crippen molar-refractivity contribution in [2.24, 2.45) is 0 Å². The van der Waals surface area contributed by atoms with E-state index in [4.69, 9.17) is 17.5 Å². The van der Waals surface area contributed by atoms with Gasteiger partial charge in [0.25, 0.3) is 0 Å². The van der Waals surface area contributed by atoms with Gasteiger partial charge in [0.1, 0.15) is 0 Å². The van der Waals surface area contributed by atoms with Crippen molar-refractivity contribution in [3.05, 3.63) is 0 Å². The Kier molecular flexibility index (Phi) is 18.7. The van der Waals surface area contributed by atoms with Crippen molar-refractivity contribution in [1.82, 2.24) is 0 Å². The Balaban J connectivity index is -0.000000150. The van der Waals surface area contributed by atoms with Crippen LogP contribution in [-0.4, -0.2) is 40.6 Å².